The van der Waals surface area contributed by atoms with E-state index in [-0.39, 0.29) is 12.3 Å². The van der Waals surface area contributed by atoms with Crippen molar-refractivity contribution >= 4 is 5.96 Å². The summed E-state index contributed by atoms with van der Waals surface area (Å²) >= 11 is 0. The molecule has 0 saturated carbocycles. The molecule has 0 unspecified atom stereocenters. The van der Waals surface area contributed by atoms with Crippen LogP contribution in [0.4, 0.5) is 8.78 Å². The molecule has 2 aromatic rings. The molecule has 0 aliphatic heterocycles. The lowest BCUT2D eigenvalue weighted by molar-refractivity contribution is -0.0504. The van der Waals surface area contributed by atoms with Crippen LogP contribution in [-0.2, 0) is 13.0 Å². The number of alkyl halides is 2. The van der Waals surface area contributed by atoms with Gasteiger partial charge >= 0.3 is 6.61 Å². The maximum Gasteiger partial charge on any atom is 0.387 e. The Morgan fingerprint density at radius 3 is 2.70 bits per heavy atom. The minimum absolute atomic E-state index is 0.155. The number of guanidine groups is 1. The lowest BCUT2D eigenvalue weighted by Gasteiger charge is -2.13. The summed E-state index contributed by atoms with van der Waals surface area (Å²) in [5, 5.41) is 6.44. The summed E-state index contributed by atoms with van der Waals surface area (Å²) in [6.07, 6.45) is 4.46. The Hall–Kier alpha value is -2.70. The minimum Gasteiger partial charge on any atom is -0.434 e. The third-order valence-electron chi connectivity index (χ3n) is 4.01. The van der Waals surface area contributed by atoms with Crippen molar-refractivity contribution in [2.45, 2.75) is 40.3 Å². The average molecular weight is 376 g/mol. The molecule has 0 amide bonds. The lowest BCUT2D eigenvalue weighted by Crippen LogP contribution is -2.38. The molecule has 0 spiro atoms. The van der Waals surface area contributed by atoms with Crippen LogP contribution in [0.3, 0.4) is 0 Å². The van der Waals surface area contributed by atoms with Gasteiger partial charge in [-0.3, -0.25) is 4.98 Å². The molecule has 27 heavy (non-hydrogen) atoms. The fourth-order valence-corrected chi connectivity index (χ4v) is 2.65. The molecule has 0 atom stereocenters. The number of benzene rings is 1. The molecule has 0 aliphatic rings. The fourth-order valence-electron chi connectivity index (χ4n) is 2.65. The van der Waals surface area contributed by atoms with Crippen molar-refractivity contribution in [2.24, 2.45) is 4.99 Å². The monoisotopic (exact) mass is 376 g/mol. The zero-order chi connectivity index (χ0) is 19.6. The molecule has 0 aliphatic carbocycles. The van der Waals surface area contributed by atoms with E-state index in [1.165, 1.54) is 5.56 Å². The predicted octanol–water partition coefficient (Wildman–Crippen LogP) is 3.60. The van der Waals surface area contributed by atoms with Gasteiger partial charge in [0.2, 0.25) is 0 Å². The van der Waals surface area contributed by atoms with Crippen molar-refractivity contribution in [1.29, 1.82) is 0 Å². The number of ether oxygens (including phenoxy) is 1. The Balaban J connectivity index is 2.02. The van der Waals surface area contributed by atoms with Crippen LogP contribution < -0.4 is 15.4 Å². The molecule has 0 saturated heterocycles. The zero-order valence-corrected chi connectivity index (χ0v) is 15.9. The largest absolute Gasteiger partial charge is 0.434 e. The molecule has 0 fully saturated rings. The van der Waals surface area contributed by atoms with Crippen molar-refractivity contribution in [3.05, 3.63) is 58.9 Å². The second-order valence-electron chi connectivity index (χ2n) is 6.16. The van der Waals surface area contributed by atoms with Crippen LogP contribution in [-0.4, -0.2) is 30.6 Å². The summed E-state index contributed by atoms with van der Waals surface area (Å²) in [6, 6.07) is 7.11. The smallest absolute Gasteiger partial charge is 0.387 e. The molecular formula is C20H26F2N4O. The summed E-state index contributed by atoms with van der Waals surface area (Å²) < 4.78 is 29.8. The van der Waals surface area contributed by atoms with Crippen LogP contribution in [0.1, 0.15) is 29.2 Å². The van der Waals surface area contributed by atoms with Crippen molar-refractivity contribution in [3.8, 4) is 5.75 Å². The molecule has 0 bridgehead atoms. The summed E-state index contributed by atoms with van der Waals surface area (Å²) in [5.41, 5.74) is 3.96. The molecule has 1 heterocycles. The standard InChI is InChI=1S/C20H26F2N4O/c1-4-24-20(25-10-8-16-7-9-23-12-15(16)3)26-13-17-11-14(2)5-6-18(17)27-19(21)22/h5-7,9,11-12,19H,4,8,10,13H2,1-3H3,(H2,24,25,26). The van der Waals surface area contributed by atoms with E-state index in [2.05, 4.69) is 25.3 Å². The summed E-state index contributed by atoms with van der Waals surface area (Å²) in [5.74, 6) is 0.788. The maximum atomic E-state index is 12.6. The summed E-state index contributed by atoms with van der Waals surface area (Å²) in [4.78, 5) is 8.60. The van der Waals surface area contributed by atoms with Crippen molar-refractivity contribution in [3.63, 3.8) is 0 Å². The van der Waals surface area contributed by atoms with Gasteiger partial charge in [0.15, 0.2) is 5.96 Å². The summed E-state index contributed by atoms with van der Waals surface area (Å²) in [6.45, 7) is 4.70. The highest BCUT2D eigenvalue weighted by Gasteiger charge is 2.10. The maximum absolute atomic E-state index is 12.6. The van der Waals surface area contributed by atoms with Crippen molar-refractivity contribution in [1.82, 2.24) is 15.6 Å². The van der Waals surface area contributed by atoms with Gasteiger partial charge in [-0.05, 0) is 50.5 Å². The lowest BCUT2D eigenvalue weighted by atomic mass is 10.1. The molecule has 7 heteroatoms. The van der Waals surface area contributed by atoms with Gasteiger partial charge in [-0.2, -0.15) is 8.78 Å². The summed E-state index contributed by atoms with van der Waals surface area (Å²) in [7, 11) is 0. The highest BCUT2D eigenvalue weighted by molar-refractivity contribution is 5.79. The van der Waals surface area contributed by atoms with E-state index in [0.717, 1.165) is 17.5 Å². The quantitative estimate of drug-likeness (QED) is 0.546. The van der Waals surface area contributed by atoms with Gasteiger partial charge in [-0.1, -0.05) is 17.7 Å². The van der Waals surface area contributed by atoms with Gasteiger partial charge in [0, 0.05) is 31.0 Å². The highest BCUT2D eigenvalue weighted by atomic mass is 19.3. The Morgan fingerprint density at radius 1 is 1.19 bits per heavy atom. The second-order valence-corrected chi connectivity index (χ2v) is 6.16. The number of halogens is 2. The molecule has 1 aromatic carbocycles. The van der Waals surface area contributed by atoms with E-state index in [0.29, 0.717) is 24.6 Å². The van der Waals surface area contributed by atoms with E-state index in [1.807, 2.05) is 39.1 Å². The van der Waals surface area contributed by atoms with E-state index >= 15 is 0 Å². The second kappa shape index (κ2) is 10.4. The Labute approximate surface area is 158 Å². The average Bonchev–Trinajstić information content (AvgIpc) is 2.63. The van der Waals surface area contributed by atoms with Crippen LogP contribution in [0.15, 0.2) is 41.7 Å². The molecule has 0 radical (unpaired) electrons. The molecule has 5 nitrogen and oxygen atoms in total. The first-order valence-corrected chi connectivity index (χ1v) is 8.95. The van der Waals surface area contributed by atoms with Gasteiger partial charge < -0.3 is 15.4 Å². The van der Waals surface area contributed by atoms with E-state index in [9.17, 15) is 8.78 Å². The topological polar surface area (TPSA) is 58.5 Å². The van der Waals surface area contributed by atoms with E-state index in [4.69, 9.17) is 0 Å². The first kappa shape index (κ1) is 20.6. The first-order valence-electron chi connectivity index (χ1n) is 8.95. The van der Waals surface area contributed by atoms with Crippen molar-refractivity contribution in [2.75, 3.05) is 13.1 Å². The number of aromatic nitrogens is 1. The molecule has 2 N–H and O–H groups in total. The third-order valence-corrected chi connectivity index (χ3v) is 4.01. The van der Waals surface area contributed by atoms with Gasteiger partial charge in [-0.25, -0.2) is 4.99 Å². The van der Waals surface area contributed by atoms with E-state index in [1.54, 1.807) is 18.3 Å². The molecule has 1 aromatic heterocycles. The van der Waals surface area contributed by atoms with Crippen LogP contribution in [0.25, 0.3) is 0 Å². The van der Waals surface area contributed by atoms with Crippen LogP contribution in [0.2, 0.25) is 0 Å². The number of nitrogens with one attached hydrogen (secondary N) is 2. The number of hydrogen-bond acceptors (Lipinski definition) is 3. The van der Waals surface area contributed by atoms with Gasteiger partial charge in [-0.15, -0.1) is 0 Å². The molecule has 2 rings (SSSR count). The van der Waals surface area contributed by atoms with Crippen molar-refractivity contribution < 1.29 is 13.5 Å². The number of pyridine rings is 1. The third kappa shape index (κ3) is 6.84. The SMILES string of the molecule is CCNC(=NCc1cc(C)ccc1OC(F)F)NCCc1ccncc1C. The molecular weight excluding hydrogens is 350 g/mol. The number of aryl methyl sites for hydroxylation is 2. The Kier molecular flexibility index (Phi) is 7.98. The normalized spacial score (nSPS) is 11.6. The van der Waals surface area contributed by atoms with Crippen LogP contribution in [0, 0.1) is 13.8 Å². The molecule has 146 valence electrons. The number of aliphatic imine (C=N–C) groups is 1. The van der Waals surface area contributed by atoms with Gasteiger partial charge in [0.1, 0.15) is 5.75 Å². The number of nitrogens with zero attached hydrogens (tertiary/aromatic N) is 2. The van der Waals surface area contributed by atoms with Crippen LogP contribution in [0.5, 0.6) is 5.75 Å². The van der Waals surface area contributed by atoms with E-state index < -0.39 is 6.61 Å². The number of hydrogen-bond donors (Lipinski definition) is 2. The highest BCUT2D eigenvalue weighted by Crippen LogP contribution is 2.22. The van der Waals surface area contributed by atoms with Gasteiger partial charge in [0.25, 0.3) is 0 Å². The Bertz CT molecular complexity index is 765. The minimum atomic E-state index is -2.86. The zero-order valence-electron chi connectivity index (χ0n) is 15.9. The Morgan fingerprint density at radius 2 is 2.00 bits per heavy atom. The fraction of sp³-hybridized carbons (Fsp3) is 0.400. The number of rotatable bonds is 8. The van der Waals surface area contributed by atoms with Crippen LogP contribution >= 0.6 is 0 Å². The first-order chi connectivity index (χ1) is 13.0. The predicted molar refractivity (Wildman–Crippen MR) is 103 cm³/mol. The van der Waals surface area contributed by atoms with Gasteiger partial charge in [0.05, 0.1) is 6.54 Å².